The van der Waals surface area contributed by atoms with Crippen LogP contribution in [0, 0.1) is 0 Å². The van der Waals surface area contributed by atoms with Crippen LogP contribution in [0.15, 0.2) is 29.1 Å². The van der Waals surface area contributed by atoms with E-state index in [-0.39, 0.29) is 16.9 Å². The molecule has 0 bridgehead atoms. The lowest BCUT2D eigenvalue weighted by Gasteiger charge is -2.05. The highest BCUT2D eigenvalue weighted by Gasteiger charge is 2.09. The predicted molar refractivity (Wildman–Crippen MR) is 71.3 cm³/mol. The van der Waals surface area contributed by atoms with E-state index in [1.54, 1.807) is 0 Å². The Morgan fingerprint density at radius 2 is 2.11 bits per heavy atom. The van der Waals surface area contributed by atoms with Crippen molar-refractivity contribution in [2.45, 2.75) is 0 Å². The fourth-order valence-corrected chi connectivity index (χ4v) is 1.63. The Hall–Kier alpha value is -1.73. The molecule has 0 atom stereocenters. The van der Waals surface area contributed by atoms with E-state index in [1.165, 1.54) is 24.5 Å². The minimum absolute atomic E-state index is 0.155. The molecule has 0 saturated carbocycles. The summed E-state index contributed by atoms with van der Waals surface area (Å²) < 4.78 is 0.580. The molecule has 0 radical (unpaired) electrons. The average Bonchev–Trinajstić information content (AvgIpc) is 2.31. The smallest absolute Gasteiger partial charge is 0.257 e. The monoisotopic (exact) mass is 327 g/mol. The van der Waals surface area contributed by atoms with Crippen LogP contribution in [0.2, 0.25) is 5.15 Å². The van der Waals surface area contributed by atoms with Gasteiger partial charge in [-0.15, -0.1) is 0 Å². The van der Waals surface area contributed by atoms with E-state index in [9.17, 15) is 4.79 Å². The highest BCUT2D eigenvalue weighted by Crippen LogP contribution is 2.14. The molecule has 2 heterocycles. The topological polar surface area (TPSA) is 93.8 Å². The van der Waals surface area contributed by atoms with E-state index in [1.807, 2.05) is 0 Å². The number of nitrogens with two attached hydrogens (primary N) is 1. The molecule has 2 aromatic heterocycles. The second-order valence-corrected chi connectivity index (χ2v) is 4.48. The van der Waals surface area contributed by atoms with Gasteiger partial charge in [0.05, 0.1) is 12.4 Å². The number of rotatable bonds is 2. The van der Waals surface area contributed by atoms with Crippen molar-refractivity contribution < 1.29 is 4.79 Å². The molecule has 0 aliphatic carbocycles. The number of hydrogen-bond acceptors (Lipinski definition) is 5. The molecule has 1 amide bonds. The Kier molecular flexibility index (Phi) is 3.73. The minimum Gasteiger partial charge on any atom is -0.384 e. The van der Waals surface area contributed by atoms with Crippen LogP contribution in [0.25, 0.3) is 0 Å². The maximum absolute atomic E-state index is 11.9. The van der Waals surface area contributed by atoms with Gasteiger partial charge in [0.2, 0.25) is 0 Å². The van der Waals surface area contributed by atoms with E-state index < -0.39 is 0 Å². The van der Waals surface area contributed by atoms with Crippen LogP contribution in [0.5, 0.6) is 0 Å². The van der Waals surface area contributed by atoms with Gasteiger partial charge >= 0.3 is 0 Å². The van der Waals surface area contributed by atoms with Crippen LogP contribution in [-0.2, 0) is 0 Å². The molecule has 0 fully saturated rings. The van der Waals surface area contributed by atoms with Gasteiger partial charge in [-0.05, 0) is 28.1 Å². The molecule has 92 valence electrons. The third kappa shape index (κ3) is 3.14. The quantitative estimate of drug-likeness (QED) is 0.824. The maximum Gasteiger partial charge on any atom is 0.257 e. The number of halogens is 2. The number of aromatic nitrogens is 3. The molecule has 0 aliphatic rings. The van der Waals surface area contributed by atoms with Crippen LogP contribution < -0.4 is 11.1 Å². The molecular formula is C10H7BrClN5O. The zero-order chi connectivity index (χ0) is 13.1. The molecule has 0 saturated heterocycles. The molecule has 6 nitrogen and oxygen atoms in total. The first-order valence-electron chi connectivity index (χ1n) is 4.76. The van der Waals surface area contributed by atoms with Crippen molar-refractivity contribution in [1.82, 2.24) is 15.0 Å². The highest BCUT2D eigenvalue weighted by atomic mass is 79.9. The zero-order valence-electron chi connectivity index (χ0n) is 8.89. The molecule has 3 N–H and O–H groups in total. The van der Waals surface area contributed by atoms with Crippen molar-refractivity contribution in [3.05, 3.63) is 39.8 Å². The fourth-order valence-electron chi connectivity index (χ4n) is 1.21. The van der Waals surface area contributed by atoms with Crippen molar-refractivity contribution in [3.8, 4) is 0 Å². The third-order valence-corrected chi connectivity index (χ3v) is 2.54. The van der Waals surface area contributed by atoms with Gasteiger partial charge in [0, 0.05) is 5.56 Å². The molecule has 8 heteroatoms. The van der Waals surface area contributed by atoms with Crippen LogP contribution >= 0.6 is 27.5 Å². The second-order valence-electron chi connectivity index (χ2n) is 3.28. The number of carbonyl (C=O) groups excluding carboxylic acids is 1. The summed E-state index contributed by atoms with van der Waals surface area (Å²) in [6, 6.07) is 2.84. The van der Waals surface area contributed by atoms with Gasteiger partial charge in [-0.3, -0.25) is 4.79 Å². The van der Waals surface area contributed by atoms with Gasteiger partial charge in [-0.2, -0.15) is 0 Å². The Bertz CT molecular complexity index is 569. The van der Waals surface area contributed by atoms with E-state index in [4.69, 9.17) is 17.3 Å². The first-order valence-corrected chi connectivity index (χ1v) is 5.93. The third-order valence-electron chi connectivity index (χ3n) is 1.94. The molecule has 2 rings (SSSR count). The van der Waals surface area contributed by atoms with E-state index >= 15 is 0 Å². The molecule has 0 aromatic carbocycles. The lowest BCUT2D eigenvalue weighted by molar-refractivity contribution is 0.102. The van der Waals surface area contributed by atoms with Crippen molar-refractivity contribution in [3.63, 3.8) is 0 Å². The number of amides is 1. The SMILES string of the molecule is Nc1cc(C(=O)Nc2cnc(Br)cn2)cc(Cl)n1. The van der Waals surface area contributed by atoms with Gasteiger partial charge in [-0.1, -0.05) is 11.6 Å². The van der Waals surface area contributed by atoms with Crippen molar-refractivity contribution in [2.24, 2.45) is 0 Å². The molecule has 18 heavy (non-hydrogen) atoms. The predicted octanol–water partition coefficient (Wildman–Crippen LogP) is 2.12. The van der Waals surface area contributed by atoms with Gasteiger partial charge in [0.25, 0.3) is 5.91 Å². The summed E-state index contributed by atoms with van der Waals surface area (Å²) in [5.41, 5.74) is 5.80. The first kappa shape index (κ1) is 12.7. The van der Waals surface area contributed by atoms with Crippen molar-refractivity contribution in [2.75, 3.05) is 11.1 Å². The van der Waals surface area contributed by atoms with Crippen LogP contribution in [0.4, 0.5) is 11.6 Å². The number of anilines is 2. The Morgan fingerprint density at radius 1 is 1.33 bits per heavy atom. The van der Waals surface area contributed by atoms with Crippen molar-refractivity contribution in [1.29, 1.82) is 0 Å². The van der Waals surface area contributed by atoms with Crippen LogP contribution in [-0.4, -0.2) is 20.9 Å². The number of nitrogens with one attached hydrogen (secondary N) is 1. The lowest BCUT2D eigenvalue weighted by atomic mass is 10.2. The molecule has 2 aromatic rings. The normalized spacial score (nSPS) is 10.1. The number of nitrogens with zero attached hydrogens (tertiary/aromatic N) is 3. The van der Waals surface area contributed by atoms with E-state index in [0.717, 1.165) is 0 Å². The molecule has 0 unspecified atom stereocenters. The summed E-state index contributed by atoms with van der Waals surface area (Å²) in [7, 11) is 0. The Morgan fingerprint density at radius 3 is 2.72 bits per heavy atom. The second kappa shape index (κ2) is 5.28. The van der Waals surface area contributed by atoms with Crippen LogP contribution in [0.1, 0.15) is 10.4 Å². The largest absolute Gasteiger partial charge is 0.384 e. The number of carbonyl (C=O) groups is 1. The molecular weight excluding hydrogens is 322 g/mol. The van der Waals surface area contributed by atoms with Gasteiger partial charge in [0.1, 0.15) is 15.6 Å². The van der Waals surface area contributed by atoms with E-state index in [0.29, 0.717) is 16.0 Å². The fraction of sp³-hybridized carbons (Fsp3) is 0. The Labute approximate surface area is 116 Å². The summed E-state index contributed by atoms with van der Waals surface area (Å²) >= 11 is 8.86. The highest BCUT2D eigenvalue weighted by molar-refractivity contribution is 9.10. The number of hydrogen-bond donors (Lipinski definition) is 2. The average molecular weight is 329 g/mol. The summed E-state index contributed by atoms with van der Waals surface area (Å²) in [5, 5.41) is 2.72. The molecule has 0 aliphatic heterocycles. The maximum atomic E-state index is 11.9. The van der Waals surface area contributed by atoms with Gasteiger partial charge < -0.3 is 11.1 Å². The Balaban J connectivity index is 2.19. The summed E-state index contributed by atoms with van der Waals surface area (Å²) in [6.07, 6.45) is 2.90. The first-order chi connectivity index (χ1) is 8.54. The number of nitrogen functional groups attached to an aromatic ring is 1. The lowest BCUT2D eigenvalue weighted by Crippen LogP contribution is -2.13. The summed E-state index contributed by atoms with van der Waals surface area (Å²) in [6.45, 7) is 0. The summed E-state index contributed by atoms with van der Waals surface area (Å²) in [4.78, 5) is 23.5. The summed E-state index contributed by atoms with van der Waals surface area (Å²) in [5.74, 6) is 0.117. The zero-order valence-corrected chi connectivity index (χ0v) is 11.2. The van der Waals surface area contributed by atoms with Crippen LogP contribution in [0.3, 0.4) is 0 Å². The van der Waals surface area contributed by atoms with Crippen molar-refractivity contribution >= 4 is 45.1 Å². The van der Waals surface area contributed by atoms with Gasteiger partial charge in [-0.25, -0.2) is 15.0 Å². The van der Waals surface area contributed by atoms with Gasteiger partial charge in [0.15, 0.2) is 5.82 Å². The molecule has 0 spiro atoms. The van der Waals surface area contributed by atoms with E-state index in [2.05, 4.69) is 36.2 Å². The number of pyridine rings is 1. The standard InChI is InChI=1S/C10H7BrClN5O/c11-6-3-15-9(4-14-6)17-10(18)5-1-7(12)16-8(13)2-5/h1-4H,(H2,13,16)(H,15,17,18). The minimum atomic E-state index is -0.386.